The van der Waals surface area contributed by atoms with Crippen molar-refractivity contribution >= 4 is 35.6 Å². The third kappa shape index (κ3) is 6.43. The molecule has 2 aromatic carbocycles. The number of hydrogen-bond acceptors (Lipinski definition) is 4. The van der Waals surface area contributed by atoms with E-state index in [1.54, 1.807) is 52.4 Å². The maximum atomic E-state index is 14.2. The molecule has 1 atom stereocenters. The summed E-state index contributed by atoms with van der Waals surface area (Å²) >= 11 is 0. The summed E-state index contributed by atoms with van der Waals surface area (Å²) in [5, 5.41) is 6.24. The summed E-state index contributed by atoms with van der Waals surface area (Å²) in [5.41, 5.74) is 0.741. The zero-order chi connectivity index (χ0) is 20.7. The number of ether oxygens (including phenoxy) is 2. The Balaban J connectivity index is 0.00000420. The molecule has 2 rings (SSSR count). The Hall–Kier alpha value is -2.14. The van der Waals surface area contributed by atoms with Gasteiger partial charge < -0.3 is 25.0 Å². The number of nitrogens with zero attached hydrogens (tertiary/aromatic N) is 2. The molecule has 0 fully saturated rings. The van der Waals surface area contributed by atoms with E-state index in [2.05, 4.69) is 15.6 Å². The number of guanidine groups is 1. The third-order valence-electron chi connectivity index (χ3n) is 4.29. The molecule has 0 saturated heterocycles. The summed E-state index contributed by atoms with van der Waals surface area (Å²) in [6.45, 7) is 0.248. The molecule has 29 heavy (non-hydrogen) atoms. The molecule has 0 saturated carbocycles. The Bertz CT molecular complexity index is 814. The number of halogens is 3. The van der Waals surface area contributed by atoms with E-state index in [4.69, 9.17) is 9.47 Å². The van der Waals surface area contributed by atoms with Gasteiger partial charge >= 0.3 is 0 Å². The number of hydrogen-bond donors (Lipinski definition) is 2. The molecule has 0 aliphatic carbocycles. The normalized spacial score (nSPS) is 12.2. The number of likely N-dealkylation sites (N-methyl/N-ethyl adjacent to an activating group) is 1. The second kappa shape index (κ2) is 11.8. The van der Waals surface area contributed by atoms with Crippen molar-refractivity contribution < 1.29 is 18.3 Å². The predicted molar refractivity (Wildman–Crippen MR) is 123 cm³/mol. The first kappa shape index (κ1) is 24.9. The topological polar surface area (TPSA) is 58.1 Å². The highest BCUT2D eigenvalue weighted by atomic mass is 127. The maximum absolute atomic E-state index is 14.2. The summed E-state index contributed by atoms with van der Waals surface area (Å²) in [4.78, 5) is 5.92. The SMILES string of the molecule is CN=C(NCC(c1c(F)cccc1F)N(C)C)Nc1ccc(OC)c(OC)c1.I. The highest BCUT2D eigenvalue weighted by Crippen LogP contribution is 2.29. The van der Waals surface area contributed by atoms with Gasteiger partial charge in [-0.2, -0.15) is 0 Å². The van der Waals surface area contributed by atoms with Crippen molar-refractivity contribution in [3.05, 3.63) is 53.6 Å². The first-order valence-corrected chi connectivity index (χ1v) is 8.71. The summed E-state index contributed by atoms with van der Waals surface area (Å²) in [7, 11) is 8.27. The lowest BCUT2D eigenvalue weighted by atomic mass is 10.0. The van der Waals surface area contributed by atoms with Crippen molar-refractivity contribution in [2.75, 3.05) is 47.2 Å². The molecule has 9 heteroatoms. The van der Waals surface area contributed by atoms with Crippen LogP contribution in [0.3, 0.4) is 0 Å². The van der Waals surface area contributed by atoms with Gasteiger partial charge in [0.05, 0.1) is 20.3 Å². The zero-order valence-corrected chi connectivity index (χ0v) is 19.5. The molecule has 2 aromatic rings. The Morgan fingerprint density at radius 2 is 1.69 bits per heavy atom. The van der Waals surface area contributed by atoms with Gasteiger partial charge in [0.25, 0.3) is 0 Å². The number of nitrogens with one attached hydrogen (secondary N) is 2. The Kier molecular flexibility index (Phi) is 10.1. The van der Waals surface area contributed by atoms with Gasteiger partial charge in [0.2, 0.25) is 0 Å². The Morgan fingerprint density at radius 3 is 2.21 bits per heavy atom. The van der Waals surface area contributed by atoms with Gasteiger partial charge in [-0.05, 0) is 38.4 Å². The van der Waals surface area contributed by atoms with Gasteiger partial charge in [-0.3, -0.25) is 4.99 Å². The first-order valence-electron chi connectivity index (χ1n) is 8.71. The van der Waals surface area contributed by atoms with Crippen LogP contribution in [-0.2, 0) is 0 Å². The molecule has 160 valence electrons. The van der Waals surface area contributed by atoms with Crippen molar-refractivity contribution in [3.8, 4) is 11.5 Å². The standard InChI is InChI=1S/C20H26F2N4O2.HI/c1-23-20(25-13-9-10-17(27-4)18(11-13)28-5)24-12-16(26(2)3)19-14(21)7-6-8-15(19)22;/h6-11,16H,12H2,1-5H3,(H2,23,24,25);1H. The number of benzene rings is 2. The van der Waals surface area contributed by atoms with E-state index < -0.39 is 17.7 Å². The first-order chi connectivity index (χ1) is 13.4. The van der Waals surface area contributed by atoms with Gasteiger partial charge in [0.15, 0.2) is 17.5 Å². The maximum Gasteiger partial charge on any atom is 0.195 e. The summed E-state index contributed by atoms with van der Waals surface area (Å²) < 4.78 is 38.9. The van der Waals surface area contributed by atoms with E-state index >= 15 is 0 Å². The number of aliphatic imine (C=N–C) groups is 1. The average molecular weight is 520 g/mol. The van der Waals surface area contributed by atoms with Crippen LogP contribution in [0.25, 0.3) is 0 Å². The molecule has 0 aliphatic heterocycles. The molecule has 0 spiro atoms. The fourth-order valence-electron chi connectivity index (χ4n) is 2.80. The molecule has 0 amide bonds. The second-order valence-electron chi connectivity index (χ2n) is 6.26. The molecule has 0 aromatic heterocycles. The lowest BCUT2D eigenvalue weighted by Crippen LogP contribution is -2.38. The fraction of sp³-hybridized carbons (Fsp3) is 0.350. The second-order valence-corrected chi connectivity index (χ2v) is 6.26. The molecular formula is C20H27F2IN4O2. The largest absolute Gasteiger partial charge is 0.493 e. The average Bonchev–Trinajstić information content (AvgIpc) is 2.68. The minimum atomic E-state index is -0.580. The van der Waals surface area contributed by atoms with Crippen LogP contribution in [0.15, 0.2) is 41.4 Å². The quantitative estimate of drug-likeness (QED) is 0.330. The van der Waals surface area contributed by atoms with Gasteiger partial charge in [-0.15, -0.1) is 24.0 Å². The molecular weight excluding hydrogens is 493 g/mol. The number of methoxy groups -OCH3 is 2. The van der Waals surface area contributed by atoms with Crippen LogP contribution in [0.2, 0.25) is 0 Å². The van der Waals surface area contributed by atoms with E-state index in [1.807, 2.05) is 6.07 Å². The summed E-state index contributed by atoms with van der Waals surface area (Å²) in [6.07, 6.45) is 0. The van der Waals surface area contributed by atoms with Crippen molar-refractivity contribution in [1.29, 1.82) is 0 Å². The summed E-state index contributed by atoms with van der Waals surface area (Å²) in [5.74, 6) is 0.476. The minimum Gasteiger partial charge on any atom is -0.493 e. The Morgan fingerprint density at radius 1 is 1.07 bits per heavy atom. The molecule has 0 bridgehead atoms. The summed E-state index contributed by atoms with van der Waals surface area (Å²) in [6, 6.07) is 8.69. The molecule has 0 aliphatic rings. The lowest BCUT2D eigenvalue weighted by molar-refractivity contribution is 0.283. The van der Waals surface area contributed by atoms with Crippen molar-refractivity contribution in [2.24, 2.45) is 4.99 Å². The fourth-order valence-corrected chi connectivity index (χ4v) is 2.80. The molecule has 0 radical (unpaired) electrons. The van der Waals surface area contributed by atoms with Gasteiger partial charge in [0.1, 0.15) is 11.6 Å². The zero-order valence-electron chi connectivity index (χ0n) is 17.1. The van der Waals surface area contributed by atoms with Crippen LogP contribution in [0.1, 0.15) is 11.6 Å². The predicted octanol–water partition coefficient (Wildman–Crippen LogP) is 3.89. The Labute approximate surface area is 187 Å². The van der Waals surface area contributed by atoms with Crippen LogP contribution < -0.4 is 20.1 Å². The highest BCUT2D eigenvalue weighted by molar-refractivity contribution is 14.0. The molecule has 1 unspecified atom stereocenters. The van der Waals surface area contributed by atoms with Gasteiger partial charge in [-0.25, -0.2) is 8.78 Å². The van der Waals surface area contributed by atoms with E-state index in [9.17, 15) is 8.78 Å². The number of anilines is 1. The van der Waals surface area contributed by atoms with Crippen molar-refractivity contribution in [2.45, 2.75) is 6.04 Å². The van der Waals surface area contributed by atoms with Crippen LogP contribution in [0, 0.1) is 11.6 Å². The lowest BCUT2D eigenvalue weighted by Gasteiger charge is -2.26. The monoisotopic (exact) mass is 520 g/mol. The van der Waals surface area contributed by atoms with Crippen LogP contribution in [0.5, 0.6) is 11.5 Å². The van der Waals surface area contributed by atoms with E-state index in [1.165, 1.54) is 18.2 Å². The van der Waals surface area contributed by atoms with Gasteiger partial charge in [-0.1, -0.05) is 6.07 Å². The van der Waals surface area contributed by atoms with Crippen LogP contribution >= 0.6 is 24.0 Å². The molecule has 2 N–H and O–H groups in total. The van der Waals surface area contributed by atoms with Crippen LogP contribution in [0.4, 0.5) is 14.5 Å². The minimum absolute atomic E-state index is 0. The highest BCUT2D eigenvalue weighted by Gasteiger charge is 2.22. The van der Waals surface area contributed by atoms with Crippen LogP contribution in [-0.4, -0.2) is 52.8 Å². The van der Waals surface area contributed by atoms with E-state index in [-0.39, 0.29) is 36.1 Å². The smallest absolute Gasteiger partial charge is 0.195 e. The van der Waals surface area contributed by atoms with E-state index in [0.717, 1.165) is 5.69 Å². The van der Waals surface area contributed by atoms with Crippen molar-refractivity contribution in [1.82, 2.24) is 10.2 Å². The third-order valence-corrected chi connectivity index (χ3v) is 4.29. The van der Waals surface area contributed by atoms with E-state index in [0.29, 0.717) is 17.5 Å². The molecule has 6 nitrogen and oxygen atoms in total. The molecule has 0 heterocycles. The van der Waals surface area contributed by atoms with Gasteiger partial charge in [0, 0.05) is 30.9 Å². The van der Waals surface area contributed by atoms with Crippen molar-refractivity contribution in [3.63, 3.8) is 0 Å². The number of rotatable bonds is 7.